The first kappa shape index (κ1) is 18.6. The predicted octanol–water partition coefficient (Wildman–Crippen LogP) is 2.14. The summed E-state index contributed by atoms with van der Waals surface area (Å²) in [6.07, 6.45) is 2.47. The smallest absolute Gasteiger partial charge is 0.285 e. The minimum absolute atomic E-state index is 0.338. The summed E-state index contributed by atoms with van der Waals surface area (Å²) in [6, 6.07) is 19.1. The molecule has 3 N–H and O–H groups in total. The number of benzene rings is 2. The number of nitrogens with two attached hydrogens (primary N) is 1. The van der Waals surface area contributed by atoms with Crippen LogP contribution in [0.4, 0.5) is 0 Å². The summed E-state index contributed by atoms with van der Waals surface area (Å²) in [4.78, 5) is 5.73. The summed E-state index contributed by atoms with van der Waals surface area (Å²) in [7, 11) is -4.22. The fourth-order valence-electron chi connectivity index (χ4n) is 2.94. The fourth-order valence-corrected chi connectivity index (χ4v) is 3.46. The SMILES string of the molecule is N[C@@H](Cc1ccccc1)[C@@H]1C=C(Cc2ccccc2)N(CS(=O)(=O)O)O1. The molecule has 2 aromatic rings. The van der Waals surface area contributed by atoms with Crippen LogP contribution in [-0.4, -0.2) is 36.1 Å². The average Bonchev–Trinajstić information content (AvgIpc) is 2.97. The zero-order chi connectivity index (χ0) is 18.6. The third-order valence-electron chi connectivity index (χ3n) is 4.17. The highest BCUT2D eigenvalue weighted by Crippen LogP contribution is 2.25. The van der Waals surface area contributed by atoms with Gasteiger partial charge in [0, 0.05) is 18.2 Å². The van der Waals surface area contributed by atoms with Crippen molar-refractivity contribution in [3.63, 3.8) is 0 Å². The summed E-state index contributed by atoms with van der Waals surface area (Å²) in [5, 5.41) is 1.22. The molecule has 7 heteroatoms. The van der Waals surface area contributed by atoms with E-state index in [1.807, 2.05) is 66.7 Å². The zero-order valence-corrected chi connectivity index (χ0v) is 15.0. The monoisotopic (exact) mass is 374 g/mol. The Labute approximate surface area is 153 Å². The fraction of sp³-hybridized carbons (Fsp3) is 0.263. The van der Waals surface area contributed by atoms with Gasteiger partial charge in [-0.25, -0.2) is 5.06 Å². The second-order valence-corrected chi connectivity index (χ2v) is 7.76. The number of hydrogen-bond acceptors (Lipinski definition) is 5. The Balaban J connectivity index is 1.76. The van der Waals surface area contributed by atoms with E-state index in [1.165, 1.54) is 5.06 Å². The summed E-state index contributed by atoms with van der Waals surface area (Å²) in [5.41, 5.74) is 9.05. The third kappa shape index (κ3) is 5.15. The van der Waals surface area contributed by atoms with Crippen LogP contribution < -0.4 is 5.73 Å². The first-order valence-corrected chi connectivity index (χ1v) is 9.95. The van der Waals surface area contributed by atoms with Crippen LogP contribution in [0.15, 0.2) is 72.4 Å². The summed E-state index contributed by atoms with van der Waals surface area (Å²) < 4.78 is 31.9. The Bertz CT molecular complexity index is 854. The quantitative estimate of drug-likeness (QED) is 0.722. The van der Waals surface area contributed by atoms with Crippen LogP contribution in [0.25, 0.3) is 0 Å². The van der Waals surface area contributed by atoms with Gasteiger partial charge in [0.1, 0.15) is 6.10 Å². The predicted molar refractivity (Wildman–Crippen MR) is 99.5 cm³/mol. The van der Waals surface area contributed by atoms with Crippen molar-refractivity contribution in [1.82, 2.24) is 5.06 Å². The van der Waals surface area contributed by atoms with Crippen molar-refractivity contribution in [3.8, 4) is 0 Å². The van der Waals surface area contributed by atoms with Gasteiger partial charge < -0.3 is 5.73 Å². The summed E-state index contributed by atoms with van der Waals surface area (Å²) >= 11 is 0. The Morgan fingerprint density at radius 2 is 1.62 bits per heavy atom. The van der Waals surface area contributed by atoms with Gasteiger partial charge >= 0.3 is 0 Å². The maximum Gasteiger partial charge on any atom is 0.285 e. The minimum Gasteiger partial charge on any atom is -0.325 e. The van der Waals surface area contributed by atoms with E-state index in [1.54, 1.807) is 0 Å². The molecule has 0 aliphatic carbocycles. The van der Waals surface area contributed by atoms with Crippen LogP contribution in [-0.2, 0) is 27.8 Å². The van der Waals surface area contributed by atoms with E-state index in [0.717, 1.165) is 11.1 Å². The standard InChI is InChI=1S/C19H22N2O4S/c20-18(12-16-9-5-2-6-10-16)19-13-17(11-15-7-3-1-4-8-15)21(25-19)14-26(22,23)24/h1-10,13,18-19H,11-12,14,20H2,(H,22,23,24)/t18-,19-/m0/s1. The highest BCUT2D eigenvalue weighted by molar-refractivity contribution is 7.85. The van der Waals surface area contributed by atoms with Gasteiger partial charge in [-0.3, -0.25) is 9.39 Å². The average molecular weight is 374 g/mol. The molecule has 0 saturated carbocycles. The molecule has 1 heterocycles. The van der Waals surface area contributed by atoms with Crippen molar-refractivity contribution in [2.24, 2.45) is 5.73 Å². The van der Waals surface area contributed by atoms with Crippen LogP contribution in [0.3, 0.4) is 0 Å². The number of hydroxylamine groups is 2. The lowest BCUT2D eigenvalue weighted by atomic mass is 10.0. The molecular formula is C19H22N2O4S. The van der Waals surface area contributed by atoms with E-state index in [9.17, 15) is 13.0 Å². The molecule has 6 nitrogen and oxygen atoms in total. The minimum atomic E-state index is -4.22. The van der Waals surface area contributed by atoms with Crippen molar-refractivity contribution in [3.05, 3.63) is 83.6 Å². The Morgan fingerprint density at radius 3 is 2.19 bits per heavy atom. The molecule has 138 valence electrons. The molecule has 0 spiro atoms. The molecule has 26 heavy (non-hydrogen) atoms. The molecule has 0 bridgehead atoms. The van der Waals surface area contributed by atoms with Crippen LogP contribution in [0.5, 0.6) is 0 Å². The topological polar surface area (TPSA) is 92.9 Å². The number of nitrogens with zero attached hydrogens (tertiary/aromatic N) is 1. The molecule has 0 aromatic heterocycles. The maximum atomic E-state index is 11.3. The highest BCUT2D eigenvalue weighted by atomic mass is 32.2. The van der Waals surface area contributed by atoms with Crippen LogP contribution >= 0.6 is 0 Å². The van der Waals surface area contributed by atoms with Gasteiger partial charge in [-0.2, -0.15) is 8.42 Å². The van der Waals surface area contributed by atoms with Gasteiger partial charge in [0.05, 0.1) is 0 Å². The largest absolute Gasteiger partial charge is 0.325 e. The molecule has 0 unspecified atom stereocenters. The molecule has 0 saturated heterocycles. The summed E-state index contributed by atoms with van der Waals surface area (Å²) in [5.74, 6) is -0.625. The van der Waals surface area contributed by atoms with Gasteiger partial charge in [0.15, 0.2) is 5.88 Å². The van der Waals surface area contributed by atoms with E-state index < -0.39 is 22.1 Å². The molecule has 0 radical (unpaired) electrons. The van der Waals surface area contributed by atoms with Crippen molar-refractivity contribution < 1.29 is 17.8 Å². The summed E-state index contributed by atoms with van der Waals surface area (Å²) in [6.45, 7) is 0. The van der Waals surface area contributed by atoms with Gasteiger partial charge in [0.25, 0.3) is 10.1 Å². The lowest BCUT2D eigenvalue weighted by Gasteiger charge is -2.23. The first-order valence-electron chi connectivity index (χ1n) is 8.34. The van der Waals surface area contributed by atoms with Crippen LogP contribution in [0, 0.1) is 0 Å². The van der Waals surface area contributed by atoms with E-state index in [2.05, 4.69) is 0 Å². The van der Waals surface area contributed by atoms with Gasteiger partial charge in [-0.15, -0.1) is 0 Å². The Hall–Kier alpha value is -2.19. The van der Waals surface area contributed by atoms with E-state index in [-0.39, 0.29) is 6.04 Å². The number of hydrogen-bond donors (Lipinski definition) is 2. The molecule has 2 atom stereocenters. The van der Waals surface area contributed by atoms with Crippen LogP contribution in [0.2, 0.25) is 0 Å². The molecular weight excluding hydrogens is 352 g/mol. The lowest BCUT2D eigenvalue weighted by Crippen LogP contribution is -2.38. The van der Waals surface area contributed by atoms with Gasteiger partial charge in [0.2, 0.25) is 0 Å². The molecule has 2 aromatic carbocycles. The third-order valence-corrected chi connectivity index (χ3v) is 4.73. The van der Waals surface area contributed by atoms with Crippen LogP contribution in [0.1, 0.15) is 11.1 Å². The number of allylic oxidation sites excluding steroid dienone is 1. The second kappa shape index (κ2) is 8.01. The van der Waals surface area contributed by atoms with E-state index in [4.69, 9.17) is 10.6 Å². The molecule has 1 aliphatic heterocycles. The normalized spacial score (nSPS) is 18.6. The molecule has 0 amide bonds. The maximum absolute atomic E-state index is 11.3. The molecule has 1 aliphatic rings. The van der Waals surface area contributed by atoms with E-state index >= 15 is 0 Å². The lowest BCUT2D eigenvalue weighted by molar-refractivity contribution is -0.132. The first-order chi connectivity index (χ1) is 12.4. The Kier molecular flexibility index (Phi) is 5.73. The van der Waals surface area contributed by atoms with Crippen molar-refractivity contribution in [2.75, 3.05) is 5.88 Å². The second-order valence-electron chi connectivity index (χ2n) is 6.33. The molecule has 3 rings (SSSR count). The molecule has 0 fully saturated rings. The highest BCUT2D eigenvalue weighted by Gasteiger charge is 2.31. The van der Waals surface area contributed by atoms with Gasteiger partial charge in [-0.05, 0) is 23.6 Å². The Morgan fingerprint density at radius 1 is 1.04 bits per heavy atom. The van der Waals surface area contributed by atoms with Crippen molar-refractivity contribution in [2.45, 2.75) is 25.0 Å². The van der Waals surface area contributed by atoms with E-state index in [0.29, 0.717) is 18.5 Å². The van der Waals surface area contributed by atoms with Gasteiger partial charge in [-0.1, -0.05) is 60.7 Å². The van der Waals surface area contributed by atoms with Crippen molar-refractivity contribution >= 4 is 10.1 Å². The zero-order valence-electron chi connectivity index (χ0n) is 14.2. The number of rotatable bonds is 7. The van der Waals surface area contributed by atoms with Crippen molar-refractivity contribution in [1.29, 1.82) is 0 Å².